The number of phosphoric acid groups is 1. The Bertz CT molecular complexity index is 5490. The molecule has 9 aromatic rings. The summed E-state index contributed by atoms with van der Waals surface area (Å²) in [7, 11) is -5.49. The summed E-state index contributed by atoms with van der Waals surface area (Å²) in [5.41, 5.74) is 44.8. The summed E-state index contributed by atoms with van der Waals surface area (Å²) in [4.78, 5) is 140. The quantitative estimate of drug-likeness (QED) is 0.00963. The van der Waals surface area contributed by atoms with Crippen molar-refractivity contribution in [3.63, 3.8) is 0 Å². The molecule has 0 spiro atoms. The third kappa shape index (κ3) is 20.9. The minimum absolute atomic E-state index is 0.0150. The lowest BCUT2D eigenvalue weighted by atomic mass is 10.1. The predicted molar refractivity (Wildman–Crippen MR) is 406 cm³/mol. The van der Waals surface area contributed by atoms with Gasteiger partial charge in [-0.1, -0.05) is 149 Å². The summed E-state index contributed by atoms with van der Waals surface area (Å²) in [6, 6.07) is 36.8. The van der Waals surface area contributed by atoms with E-state index in [0.29, 0.717) is 21.3 Å². The lowest BCUT2D eigenvalue weighted by Gasteiger charge is -2.23. The number of nitrogens with one attached hydrogen (secondary N) is 1. The van der Waals surface area contributed by atoms with E-state index in [1.807, 2.05) is 0 Å². The fourth-order valence-corrected chi connectivity index (χ4v) is 13.2. The van der Waals surface area contributed by atoms with Crippen LogP contribution in [0.5, 0.6) is 11.6 Å². The Hall–Kier alpha value is -13.6. The molecule has 0 aliphatic carbocycles. The van der Waals surface area contributed by atoms with Gasteiger partial charge in [0.2, 0.25) is 11.8 Å². The molecule has 0 saturated carbocycles. The molecule has 2 fully saturated rings. The van der Waals surface area contributed by atoms with Crippen LogP contribution >= 0.6 is 7.82 Å². The van der Waals surface area contributed by atoms with Gasteiger partial charge in [0.15, 0.2) is 11.2 Å². The number of ether oxygens (including phenoxy) is 6. The molecule has 3 aromatic heterocycles. The number of hydrogen-bond acceptors (Lipinski definition) is 25. The SMILES string of the molecule is CCN(CC)CC.Cc1cn([C@H]2C[C@H](OP(=O)(O)OC[C@H]3O[C@@H](n4cnc5c(OCc6ccc(OC(=O)c7ccccc7CN=[N+]=[N-])cc6)nc(NC(=O)c6ccccc6CN=[N+]=[N-])nc54)C[C@@H]3OC(=O)c3ccccc3CN=[N+]=[N-])[C@@H](COC(=O)c3ccccc3CN=[N+]=[N-])O2)c(=O)n(C(=O)c2ccccc2CN=[N+]=[N-])c1=O. The van der Waals surface area contributed by atoms with Gasteiger partial charge in [0, 0.05) is 60.3 Å². The Labute approximate surface area is 646 Å². The maximum Gasteiger partial charge on any atom is 0.472 e. The number of carbonyl (C=O) groups excluding carboxylic acids is 5. The number of fused-ring (bicyclic) bond motifs is 1. The molecule has 2 N–H and O–H groups in total. The first-order chi connectivity index (χ1) is 55.2. The molecule has 41 heteroatoms. The topological polar surface area (TPSA) is 543 Å². The van der Waals surface area contributed by atoms with E-state index in [2.05, 4.69) is 96.1 Å². The highest BCUT2D eigenvalue weighted by atomic mass is 31.2. The number of nitrogens with zero attached hydrogens (tertiary/aromatic N) is 22. The Balaban J connectivity index is 0.00000188. The fraction of sp³-hybridized carbons (Fsp3) is 0.315. The summed E-state index contributed by atoms with van der Waals surface area (Å²) >= 11 is 0. The summed E-state index contributed by atoms with van der Waals surface area (Å²) in [5, 5.41) is 20.5. The first-order valence-corrected chi connectivity index (χ1v) is 36.6. The van der Waals surface area contributed by atoms with E-state index in [1.54, 1.807) is 66.7 Å². The normalized spacial score (nSPS) is 16.5. The van der Waals surface area contributed by atoms with Crippen LogP contribution in [0.2, 0.25) is 0 Å². The molecule has 0 radical (unpaired) electrons. The third-order valence-electron chi connectivity index (χ3n) is 18.0. The molecular formula is C73H72N23O17P. The van der Waals surface area contributed by atoms with Crippen molar-refractivity contribution in [2.45, 2.75) is 117 Å². The fourth-order valence-electron chi connectivity index (χ4n) is 12.2. The Morgan fingerprint density at radius 3 is 1.59 bits per heavy atom. The predicted octanol–water partition coefficient (Wildman–Crippen LogP) is 13.5. The second kappa shape index (κ2) is 39.9. The van der Waals surface area contributed by atoms with Gasteiger partial charge in [0.25, 0.3) is 17.4 Å². The number of imidazole rings is 1. The summed E-state index contributed by atoms with van der Waals surface area (Å²) < 4.78 is 65.3. The standard InChI is InChI=1S/C67H57N22O17P.C6H15N/c1-38-33-87(67(96)89(61(38)91)62(92)47-18-8-3-13-41(47)29-75-83-69)55-27-52(53(103-55)35-100-63(93)48-19-9-4-14-42(48)30-76-84-70)106-107(97,98)101-36-54-51(105-65(95)50-21-11-6-16-44(50)32-78-86-72)26-56(104-54)88-37-73-57-58(88)79-66(80-59(90)46-17-7-2-12-40(46)28-74-82-68)81-60(57)99-34-39-22-24-45(25-23-39)102-64(94)49-20-10-5-15-43(49)31-77-85-71;1-4-7(5-2)6-3/h2-25,33,37,51-56H,26-32,34-36H2,1H3,(H,97,98)(H,79,80,81,90);4-6H2,1-3H3/t51-,52-,53+,54+,55+,56+;/m0./s1. The monoisotopic (exact) mass is 1570 g/mol. The zero-order chi connectivity index (χ0) is 81.3. The van der Waals surface area contributed by atoms with Gasteiger partial charge < -0.3 is 38.2 Å². The maximum atomic E-state index is 14.6. The van der Waals surface area contributed by atoms with Crippen LogP contribution in [0.15, 0.2) is 193 Å². The van der Waals surface area contributed by atoms with Crippen molar-refractivity contribution in [3.8, 4) is 11.6 Å². The van der Waals surface area contributed by atoms with Crippen molar-refractivity contribution in [1.82, 2.24) is 33.6 Å². The number of phosphoric ester groups is 1. The zero-order valence-corrected chi connectivity index (χ0v) is 62.3. The van der Waals surface area contributed by atoms with Crippen molar-refractivity contribution in [2.75, 3.05) is 38.2 Å². The van der Waals surface area contributed by atoms with E-state index >= 15 is 0 Å². The molecule has 2 aliphatic rings. The van der Waals surface area contributed by atoms with Gasteiger partial charge in [-0.2, -0.15) is 14.5 Å². The highest BCUT2D eigenvalue weighted by molar-refractivity contribution is 7.47. The number of aryl methyl sites for hydroxylation is 1. The molecule has 114 heavy (non-hydrogen) atoms. The highest BCUT2D eigenvalue weighted by Gasteiger charge is 2.46. The van der Waals surface area contributed by atoms with Crippen molar-refractivity contribution in [2.24, 2.45) is 25.6 Å². The van der Waals surface area contributed by atoms with Crippen LogP contribution in [0, 0.1) is 6.92 Å². The lowest BCUT2D eigenvalue weighted by molar-refractivity contribution is -0.0621. The van der Waals surface area contributed by atoms with Crippen molar-refractivity contribution < 1.29 is 70.9 Å². The largest absolute Gasteiger partial charge is 0.472 e. The van der Waals surface area contributed by atoms with Crippen LogP contribution in [0.3, 0.4) is 0 Å². The van der Waals surface area contributed by atoms with Crippen LogP contribution in [0.4, 0.5) is 5.95 Å². The summed E-state index contributed by atoms with van der Waals surface area (Å²) in [6.45, 7) is 8.41. The number of benzene rings is 6. The Kier molecular flexibility index (Phi) is 29.0. The minimum atomic E-state index is -5.49. The number of aromatic nitrogens is 6. The minimum Gasteiger partial charge on any atom is -0.471 e. The summed E-state index contributed by atoms with van der Waals surface area (Å²) in [6.07, 6.45) is -7.38. The summed E-state index contributed by atoms with van der Waals surface area (Å²) in [5.74, 6) is -4.87. The molecule has 5 heterocycles. The molecule has 7 atom stereocenters. The van der Waals surface area contributed by atoms with Gasteiger partial charge in [-0.05, 0) is 130 Å². The van der Waals surface area contributed by atoms with Gasteiger partial charge in [-0.3, -0.25) is 37.9 Å². The van der Waals surface area contributed by atoms with Gasteiger partial charge in [0.05, 0.1) is 62.3 Å². The van der Waals surface area contributed by atoms with Crippen LogP contribution < -0.4 is 26.0 Å². The highest BCUT2D eigenvalue weighted by Crippen LogP contribution is 2.50. The molecule has 11 rings (SSSR count). The Morgan fingerprint density at radius 1 is 0.596 bits per heavy atom. The first-order valence-electron chi connectivity index (χ1n) is 35.1. The molecule has 586 valence electrons. The number of amides is 1. The van der Waals surface area contributed by atoms with Gasteiger partial charge >= 0.3 is 31.4 Å². The van der Waals surface area contributed by atoms with Gasteiger partial charge in [-0.25, -0.2) is 28.7 Å². The number of carbonyl (C=O) groups is 5. The van der Waals surface area contributed by atoms with Crippen LogP contribution in [-0.2, 0) is 71.9 Å². The van der Waals surface area contributed by atoms with Gasteiger partial charge in [-0.15, -0.1) is 0 Å². The third-order valence-corrected chi connectivity index (χ3v) is 19.0. The second-order valence-corrected chi connectivity index (χ2v) is 26.3. The lowest BCUT2D eigenvalue weighted by Crippen LogP contribution is -2.45. The molecule has 40 nitrogen and oxygen atoms in total. The van der Waals surface area contributed by atoms with Crippen LogP contribution in [0.1, 0.15) is 137 Å². The van der Waals surface area contributed by atoms with E-state index in [9.17, 15) is 48.6 Å². The number of esters is 3. The molecule has 0 bridgehead atoms. The van der Waals surface area contributed by atoms with E-state index in [0.717, 1.165) is 10.8 Å². The van der Waals surface area contributed by atoms with E-state index in [4.69, 9.17) is 59.6 Å². The average molecular weight is 1570 g/mol. The zero-order valence-electron chi connectivity index (χ0n) is 61.4. The van der Waals surface area contributed by atoms with Crippen molar-refractivity contribution >= 4 is 54.7 Å². The number of azide groups is 5. The second-order valence-electron chi connectivity index (χ2n) is 24.9. The molecule has 6 aromatic carbocycles. The van der Waals surface area contributed by atoms with Gasteiger partial charge in [0.1, 0.15) is 55.8 Å². The molecule has 2 aliphatic heterocycles. The van der Waals surface area contributed by atoms with Crippen LogP contribution in [-0.4, -0.2) is 125 Å². The molecule has 1 unspecified atom stereocenters. The Morgan fingerprint density at radius 2 is 1.06 bits per heavy atom. The molecule has 2 saturated heterocycles. The van der Waals surface area contributed by atoms with E-state index in [-0.39, 0.29) is 125 Å². The molecular weight excluding hydrogens is 1500 g/mol. The van der Waals surface area contributed by atoms with Crippen LogP contribution in [0.25, 0.3) is 63.4 Å². The number of anilines is 1. The van der Waals surface area contributed by atoms with Crippen molar-refractivity contribution in [3.05, 3.63) is 298 Å². The number of rotatable bonds is 33. The average Bonchev–Trinajstić information content (AvgIpc) is 1.56. The first kappa shape index (κ1) is 82.9. The van der Waals surface area contributed by atoms with E-state index < -0.39 is 105 Å². The molecule has 1 amide bonds. The van der Waals surface area contributed by atoms with Crippen molar-refractivity contribution in [1.29, 1.82) is 0 Å². The number of hydrogen-bond donors (Lipinski definition) is 2. The smallest absolute Gasteiger partial charge is 0.471 e. The van der Waals surface area contributed by atoms with E-state index in [1.165, 1.54) is 116 Å². The maximum absolute atomic E-state index is 14.6.